The summed E-state index contributed by atoms with van der Waals surface area (Å²) in [6.07, 6.45) is 6.40. The molecule has 1 nitrogen and oxygen atoms in total. The van der Waals surface area contributed by atoms with Crippen LogP contribution >= 0.6 is 0 Å². The third-order valence-corrected chi connectivity index (χ3v) is 3.06. The fraction of sp³-hybridized carbons (Fsp3) is 0.700. The Bertz CT molecular complexity index is 193. The topological polar surface area (TPSA) is 17.1 Å². The lowest BCUT2D eigenvalue weighted by Gasteiger charge is -2.33. The number of carbonyl (C=O) groups is 1. The summed E-state index contributed by atoms with van der Waals surface area (Å²) >= 11 is 0. The van der Waals surface area contributed by atoms with Gasteiger partial charge in [0.05, 0.1) is 0 Å². The zero-order valence-corrected chi connectivity index (χ0v) is 7.55. The van der Waals surface area contributed by atoms with Crippen molar-refractivity contribution in [3.63, 3.8) is 0 Å². The Hall–Kier alpha value is -0.590. The number of rotatable bonds is 1. The summed E-state index contributed by atoms with van der Waals surface area (Å²) < 4.78 is 0. The van der Waals surface area contributed by atoms with E-state index in [9.17, 15) is 4.79 Å². The fourth-order valence-electron chi connectivity index (χ4n) is 1.62. The number of ketones is 1. The molecule has 62 valence electrons. The van der Waals surface area contributed by atoms with Gasteiger partial charge >= 0.3 is 0 Å². The van der Waals surface area contributed by atoms with E-state index in [1.807, 2.05) is 0 Å². The Balaban J connectivity index is 2.85. The molecule has 0 saturated carbocycles. The maximum absolute atomic E-state index is 11.3. The normalized spacial score (nSPS) is 37.2. The van der Waals surface area contributed by atoms with E-state index in [4.69, 9.17) is 0 Å². The van der Waals surface area contributed by atoms with Crippen molar-refractivity contribution in [1.29, 1.82) is 0 Å². The van der Waals surface area contributed by atoms with Gasteiger partial charge in [-0.15, -0.1) is 0 Å². The summed E-state index contributed by atoms with van der Waals surface area (Å²) in [5.41, 5.74) is -0.0885. The second-order valence-corrected chi connectivity index (χ2v) is 3.73. The monoisotopic (exact) mass is 152 g/mol. The van der Waals surface area contributed by atoms with Gasteiger partial charge in [0.15, 0.2) is 0 Å². The molecule has 1 aliphatic carbocycles. The molecule has 2 atom stereocenters. The third kappa shape index (κ3) is 1.37. The highest BCUT2D eigenvalue weighted by Crippen LogP contribution is 2.37. The molecule has 0 aromatic carbocycles. The molecule has 1 aliphatic rings. The first-order valence-electron chi connectivity index (χ1n) is 4.25. The van der Waals surface area contributed by atoms with Crippen LogP contribution in [-0.4, -0.2) is 5.78 Å². The molecule has 0 aliphatic heterocycles. The van der Waals surface area contributed by atoms with Gasteiger partial charge in [0.2, 0.25) is 0 Å². The van der Waals surface area contributed by atoms with Gasteiger partial charge in [-0.2, -0.15) is 0 Å². The van der Waals surface area contributed by atoms with Crippen LogP contribution in [0.1, 0.15) is 33.6 Å². The van der Waals surface area contributed by atoms with E-state index in [0.29, 0.717) is 11.7 Å². The van der Waals surface area contributed by atoms with Crippen molar-refractivity contribution in [1.82, 2.24) is 0 Å². The number of Topliss-reactive ketones (excluding diaryl/α,β-unsaturated/α-hetero) is 1. The average Bonchev–Trinajstić information content (AvgIpc) is 1.95. The number of carbonyl (C=O) groups excluding carboxylic acids is 1. The van der Waals surface area contributed by atoms with Gasteiger partial charge in [0, 0.05) is 5.41 Å². The third-order valence-electron chi connectivity index (χ3n) is 3.06. The Morgan fingerprint density at radius 3 is 2.64 bits per heavy atom. The van der Waals surface area contributed by atoms with Crippen molar-refractivity contribution < 1.29 is 4.79 Å². The molecule has 0 radical (unpaired) electrons. The molecule has 0 saturated heterocycles. The number of hydrogen-bond donors (Lipinski definition) is 0. The van der Waals surface area contributed by atoms with E-state index in [1.54, 1.807) is 6.92 Å². The Morgan fingerprint density at radius 1 is 1.64 bits per heavy atom. The zero-order valence-electron chi connectivity index (χ0n) is 7.55. The summed E-state index contributed by atoms with van der Waals surface area (Å²) in [6, 6.07) is 0. The van der Waals surface area contributed by atoms with Crippen LogP contribution in [0, 0.1) is 11.3 Å². The van der Waals surface area contributed by atoms with Crippen LogP contribution in [0.3, 0.4) is 0 Å². The summed E-state index contributed by atoms with van der Waals surface area (Å²) in [5, 5.41) is 0. The smallest absolute Gasteiger partial charge is 0.136 e. The minimum atomic E-state index is -0.0885. The Kier molecular flexibility index (Phi) is 2.17. The van der Waals surface area contributed by atoms with Crippen LogP contribution in [0.2, 0.25) is 0 Å². The molecule has 0 spiro atoms. The van der Waals surface area contributed by atoms with Gasteiger partial charge in [-0.3, -0.25) is 4.79 Å². The molecule has 1 heteroatoms. The first kappa shape index (κ1) is 8.51. The van der Waals surface area contributed by atoms with Gasteiger partial charge in [-0.1, -0.05) is 26.0 Å². The van der Waals surface area contributed by atoms with Crippen LogP contribution in [-0.2, 0) is 4.79 Å². The highest BCUT2D eigenvalue weighted by molar-refractivity contribution is 5.82. The van der Waals surface area contributed by atoms with Gasteiger partial charge in [0.1, 0.15) is 5.78 Å². The lowest BCUT2D eigenvalue weighted by molar-refractivity contribution is -0.128. The van der Waals surface area contributed by atoms with Gasteiger partial charge in [-0.05, 0) is 25.7 Å². The van der Waals surface area contributed by atoms with E-state index >= 15 is 0 Å². The van der Waals surface area contributed by atoms with Crippen molar-refractivity contribution in [3.05, 3.63) is 12.2 Å². The first-order chi connectivity index (χ1) is 5.07. The number of allylic oxidation sites excluding steroid dienone is 2. The van der Waals surface area contributed by atoms with E-state index in [0.717, 1.165) is 12.8 Å². The largest absolute Gasteiger partial charge is 0.299 e. The molecule has 0 heterocycles. The summed E-state index contributed by atoms with van der Waals surface area (Å²) in [6.45, 7) is 5.90. The van der Waals surface area contributed by atoms with E-state index in [-0.39, 0.29) is 5.41 Å². The SMILES string of the molecule is CC(=O)C1(C)CCC=CC1C. The van der Waals surface area contributed by atoms with Crippen molar-refractivity contribution in [2.75, 3.05) is 0 Å². The van der Waals surface area contributed by atoms with Crippen molar-refractivity contribution in [2.45, 2.75) is 33.6 Å². The highest BCUT2D eigenvalue weighted by Gasteiger charge is 2.35. The molecule has 0 bridgehead atoms. The zero-order chi connectivity index (χ0) is 8.48. The lowest BCUT2D eigenvalue weighted by atomic mass is 9.69. The first-order valence-corrected chi connectivity index (χ1v) is 4.25. The molecule has 0 aromatic heterocycles. The summed E-state index contributed by atoms with van der Waals surface area (Å²) in [7, 11) is 0. The van der Waals surface area contributed by atoms with E-state index in [1.165, 1.54) is 0 Å². The van der Waals surface area contributed by atoms with Gasteiger partial charge < -0.3 is 0 Å². The predicted molar refractivity (Wildman–Crippen MR) is 46.3 cm³/mol. The highest BCUT2D eigenvalue weighted by atomic mass is 16.1. The molecule has 11 heavy (non-hydrogen) atoms. The van der Waals surface area contributed by atoms with Crippen molar-refractivity contribution >= 4 is 5.78 Å². The van der Waals surface area contributed by atoms with Crippen LogP contribution in [0.4, 0.5) is 0 Å². The molecule has 0 fully saturated rings. The maximum atomic E-state index is 11.3. The number of hydrogen-bond acceptors (Lipinski definition) is 1. The second kappa shape index (κ2) is 2.80. The van der Waals surface area contributed by atoms with Crippen LogP contribution in [0.5, 0.6) is 0 Å². The van der Waals surface area contributed by atoms with E-state index < -0.39 is 0 Å². The molecule has 1 rings (SSSR count). The van der Waals surface area contributed by atoms with Crippen LogP contribution < -0.4 is 0 Å². The molecule has 0 N–H and O–H groups in total. The standard InChI is InChI=1S/C10H16O/c1-8-6-4-5-7-10(8,3)9(2)11/h4,6,8H,5,7H2,1-3H3. The predicted octanol–water partition coefficient (Wildman–Crippen LogP) is 2.57. The van der Waals surface area contributed by atoms with Crippen molar-refractivity contribution in [2.24, 2.45) is 11.3 Å². The Morgan fingerprint density at radius 2 is 2.27 bits per heavy atom. The van der Waals surface area contributed by atoms with Crippen LogP contribution in [0.25, 0.3) is 0 Å². The molecule has 0 aromatic rings. The van der Waals surface area contributed by atoms with Gasteiger partial charge in [-0.25, -0.2) is 0 Å². The maximum Gasteiger partial charge on any atom is 0.136 e. The average molecular weight is 152 g/mol. The molecule has 0 amide bonds. The molecular weight excluding hydrogens is 136 g/mol. The van der Waals surface area contributed by atoms with Gasteiger partial charge in [0.25, 0.3) is 0 Å². The minimum absolute atomic E-state index is 0.0885. The molecule has 2 unspecified atom stereocenters. The van der Waals surface area contributed by atoms with Crippen molar-refractivity contribution in [3.8, 4) is 0 Å². The van der Waals surface area contributed by atoms with E-state index in [2.05, 4.69) is 26.0 Å². The minimum Gasteiger partial charge on any atom is -0.299 e. The van der Waals surface area contributed by atoms with Crippen LogP contribution in [0.15, 0.2) is 12.2 Å². The Labute approximate surface area is 68.5 Å². The quantitative estimate of drug-likeness (QED) is 0.528. The molecular formula is C10H16O. The summed E-state index contributed by atoms with van der Waals surface area (Å²) in [4.78, 5) is 11.3. The lowest BCUT2D eigenvalue weighted by Crippen LogP contribution is -2.33. The fourth-order valence-corrected chi connectivity index (χ4v) is 1.62. The summed E-state index contributed by atoms with van der Waals surface area (Å²) in [5.74, 6) is 0.739. The second-order valence-electron chi connectivity index (χ2n) is 3.73.